The molecule has 30 heavy (non-hydrogen) atoms. The van der Waals surface area contributed by atoms with Gasteiger partial charge in [-0.3, -0.25) is 9.59 Å². The smallest absolute Gasteiger partial charge is 0.264 e. The molecule has 0 saturated carbocycles. The first kappa shape index (κ1) is 20.4. The van der Waals surface area contributed by atoms with Crippen molar-refractivity contribution in [1.82, 2.24) is 0 Å². The summed E-state index contributed by atoms with van der Waals surface area (Å²) in [5.74, 6) is -1.34. The zero-order chi connectivity index (χ0) is 21.5. The summed E-state index contributed by atoms with van der Waals surface area (Å²) < 4.78 is 0. The largest absolute Gasteiger partial charge is 0.507 e. The van der Waals surface area contributed by atoms with E-state index in [0.717, 1.165) is 5.56 Å². The van der Waals surface area contributed by atoms with Crippen molar-refractivity contribution in [3.63, 3.8) is 0 Å². The Labute approximate surface area is 183 Å². The molecule has 152 valence electrons. The lowest BCUT2D eigenvalue weighted by atomic mass is 9.88. The highest BCUT2D eigenvalue weighted by Crippen LogP contribution is 2.44. The molecule has 2 N–H and O–H groups in total. The summed E-state index contributed by atoms with van der Waals surface area (Å²) in [6, 6.07) is 17.9. The topological polar surface area (TPSA) is 77.8 Å². The van der Waals surface area contributed by atoms with Gasteiger partial charge in [-0.1, -0.05) is 59.6 Å². The summed E-state index contributed by atoms with van der Waals surface area (Å²) >= 11 is 12.1. The second kappa shape index (κ2) is 7.76. The van der Waals surface area contributed by atoms with Crippen molar-refractivity contribution in [2.75, 3.05) is 4.90 Å². The normalized spacial score (nSPS) is 17.8. The SMILES string of the molecule is O=C(CC1(O)C(=O)N(Cc2ccc(Cl)c(Cl)c2)c2ccccc21)c1ccccc1O. The number of carbonyl (C=O) groups excluding carboxylic acids is 2. The number of aliphatic hydroxyl groups is 1. The van der Waals surface area contributed by atoms with E-state index in [1.807, 2.05) is 0 Å². The molecule has 0 fully saturated rings. The van der Waals surface area contributed by atoms with Crippen LogP contribution in [0.3, 0.4) is 0 Å². The molecule has 5 nitrogen and oxygen atoms in total. The minimum absolute atomic E-state index is 0.0548. The van der Waals surface area contributed by atoms with Crippen LogP contribution in [0.4, 0.5) is 5.69 Å². The van der Waals surface area contributed by atoms with Gasteiger partial charge >= 0.3 is 0 Å². The Morgan fingerprint density at radius 2 is 1.67 bits per heavy atom. The molecule has 3 aromatic carbocycles. The summed E-state index contributed by atoms with van der Waals surface area (Å²) in [5, 5.41) is 22.1. The van der Waals surface area contributed by atoms with Gasteiger partial charge in [0.1, 0.15) is 5.75 Å². The summed E-state index contributed by atoms with van der Waals surface area (Å²) in [6.45, 7) is 0.153. The van der Waals surface area contributed by atoms with Gasteiger partial charge < -0.3 is 15.1 Å². The van der Waals surface area contributed by atoms with E-state index in [1.54, 1.807) is 54.6 Å². The molecule has 1 aliphatic rings. The first-order valence-electron chi connectivity index (χ1n) is 9.20. The van der Waals surface area contributed by atoms with Gasteiger partial charge in [0.25, 0.3) is 5.91 Å². The van der Waals surface area contributed by atoms with Gasteiger partial charge in [0, 0.05) is 5.56 Å². The zero-order valence-electron chi connectivity index (χ0n) is 15.7. The zero-order valence-corrected chi connectivity index (χ0v) is 17.2. The number of benzene rings is 3. The molecule has 1 aliphatic heterocycles. The molecule has 1 amide bonds. The average molecular weight is 442 g/mol. The highest BCUT2D eigenvalue weighted by Gasteiger charge is 2.50. The molecule has 0 aliphatic carbocycles. The number of amides is 1. The van der Waals surface area contributed by atoms with Crippen LogP contribution in [0.25, 0.3) is 0 Å². The minimum atomic E-state index is -2.04. The number of anilines is 1. The van der Waals surface area contributed by atoms with Crippen LogP contribution >= 0.6 is 23.2 Å². The maximum absolute atomic E-state index is 13.3. The van der Waals surface area contributed by atoms with Gasteiger partial charge in [-0.25, -0.2) is 0 Å². The van der Waals surface area contributed by atoms with Crippen molar-refractivity contribution < 1.29 is 19.8 Å². The minimum Gasteiger partial charge on any atom is -0.507 e. The fraction of sp³-hybridized carbons (Fsp3) is 0.130. The van der Waals surface area contributed by atoms with Gasteiger partial charge in [0.2, 0.25) is 0 Å². The molecule has 0 saturated heterocycles. The van der Waals surface area contributed by atoms with E-state index in [-0.39, 0.29) is 17.9 Å². The number of rotatable bonds is 5. The van der Waals surface area contributed by atoms with Crippen LogP contribution in [0.2, 0.25) is 10.0 Å². The second-order valence-electron chi connectivity index (χ2n) is 7.13. The van der Waals surface area contributed by atoms with E-state index >= 15 is 0 Å². The highest BCUT2D eigenvalue weighted by atomic mass is 35.5. The van der Waals surface area contributed by atoms with E-state index in [0.29, 0.717) is 21.3 Å². The first-order valence-corrected chi connectivity index (χ1v) is 9.96. The molecule has 3 aromatic rings. The van der Waals surface area contributed by atoms with Crippen LogP contribution in [0.5, 0.6) is 5.75 Å². The number of Topliss-reactive ketones (excluding diaryl/α,β-unsaturated/α-hetero) is 1. The maximum Gasteiger partial charge on any atom is 0.264 e. The Bertz CT molecular complexity index is 1160. The van der Waals surface area contributed by atoms with Crippen molar-refractivity contribution in [2.45, 2.75) is 18.6 Å². The van der Waals surface area contributed by atoms with E-state index in [2.05, 4.69) is 0 Å². The predicted octanol–water partition coefficient (Wildman–Crippen LogP) is 4.71. The number of aromatic hydroxyl groups is 1. The molecule has 1 atom stereocenters. The lowest BCUT2D eigenvalue weighted by molar-refractivity contribution is -0.136. The molecule has 0 spiro atoms. The standard InChI is InChI=1S/C23H17Cl2NO4/c24-17-10-9-14(11-18(17)25)13-26-19-7-3-2-6-16(19)23(30,22(26)29)12-21(28)15-5-1-4-8-20(15)27/h1-11,27,30H,12-13H2. The van der Waals surface area contributed by atoms with Gasteiger partial charge in [0.15, 0.2) is 11.4 Å². The Kier molecular flexibility index (Phi) is 5.28. The number of carbonyl (C=O) groups is 2. The number of hydrogen-bond acceptors (Lipinski definition) is 4. The van der Waals surface area contributed by atoms with Crippen LogP contribution in [-0.2, 0) is 16.9 Å². The number of phenolic OH excluding ortho intramolecular Hbond substituents is 1. The van der Waals surface area contributed by atoms with Crippen molar-refractivity contribution >= 4 is 40.6 Å². The number of hydrogen-bond donors (Lipinski definition) is 2. The maximum atomic E-state index is 13.3. The molecule has 1 unspecified atom stereocenters. The van der Waals surface area contributed by atoms with Gasteiger partial charge in [-0.15, -0.1) is 0 Å². The fourth-order valence-electron chi connectivity index (χ4n) is 3.69. The van der Waals surface area contributed by atoms with Gasteiger partial charge in [-0.05, 0) is 35.9 Å². The lowest BCUT2D eigenvalue weighted by Gasteiger charge is -2.23. The van der Waals surface area contributed by atoms with Crippen LogP contribution in [0, 0.1) is 0 Å². The third-order valence-electron chi connectivity index (χ3n) is 5.18. The Hall–Kier alpha value is -2.86. The van der Waals surface area contributed by atoms with Crippen molar-refractivity contribution in [3.8, 4) is 5.75 Å². The second-order valence-corrected chi connectivity index (χ2v) is 7.95. The molecule has 1 heterocycles. The fourth-order valence-corrected chi connectivity index (χ4v) is 4.01. The molecular formula is C23H17Cl2NO4. The van der Waals surface area contributed by atoms with Crippen molar-refractivity contribution in [1.29, 1.82) is 0 Å². The van der Waals surface area contributed by atoms with Crippen LogP contribution in [0.15, 0.2) is 66.7 Å². The highest BCUT2D eigenvalue weighted by molar-refractivity contribution is 6.42. The van der Waals surface area contributed by atoms with Crippen LogP contribution in [-0.4, -0.2) is 21.9 Å². The van der Waals surface area contributed by atoms with E-state index in [4.69, 9.17) is 23.2 Å². The van der Waals surface area contributed by atoms with Crippen molar-refractivity contribution in [3.05, 3.63) is 93.5 Å². The molecule has 0 bridgehead atoms. The van der Waals surface area contributed by atoms with E-state index in [9.17, 15) is 19.8 Å². The summed E-state index contributed by atoms with van der Waals surface area (Å²) in [4.78, 5) is 27.5. The van der Waals surface area contributed by atoms with Gasteiger partial charge in [0.05, 0.1) is 34.3 Å². The first-order chi connectivity index (χ1) is 14.3. The summed E-state index contributed by atoms with van der Waals surface area (Å²) in [7, 11) is 0. The number of phenols is 1. The summed E-state index contributed by atoms with van der Waals surface area (Å²) in [5.41, 5.74) is -0.394. The summed E-state index contributed by atoms with van der Waals surface area (Å²) in [6.07, 6.45) is -0.488. The number of nitrogens with zero attached hydrogens (tertiary/aromatic N) is 1. The molecule has 0 radical (unpaired) electrons. The number of fused-ring (bicyclic) bond motifs is 1. The third kappa shape index (κ3) is 3.45. The number of halogens is 2. The molecule has 0 aromatic heterocycles. The number of ketones is 1. The van der Waals surface area contributed by atoms with Gasteiger partial charge in [-0.2, -0.15) is 0 Å². The Balaban J connectivity index is 1.69. The molecule has 4 rings (SSSR count). The van der Waals surface area contributed by atoms with Crippen molar-refractivity contribution in [2.24, 2.45) is 0 Å². The average Bonchev–Trinajstić information content (AvgIpc) is 2.93. The Morgan fingerprint density at radius 1 is 0.967 bits per heavy atom. The number of para-hydroxylation sites is 2. The molecule has 7 heteroatoms. The van der Waals surface area contributed by atoms with Crippen LogP contribution < -0.4 is 4.90 Å². The van der Waals surface area contributed by atoms with E-state index in [1.165, 1.54) is 17.0 Å². The monoisotopic (exact) mass is 441 g/mol. The molecular weight excluding hydrogens is 425 g/mol. The quantitative estimate of drug-likeness (QED) is 0.562. The third-order valence-corrected chi connectivity index (χ3v) is 5.92. The van der Waals surface area contributed by atoms with Crippen LogP contribution in [0.1, 0.15) is 27.9 Å². The lowest BCUT2D eigenvalue weighted by Crippen LogP contribution is -2.41. The predicted molar refractivity (Wildman–Crippen MR) is 115 cm³/mol. The Morgan fingerprint density at radius 3 is 2.40 bits per heavy atom. The van der Waals surface area contributed by atoms with E-state index < -0.39 is 23.7 Å².